The molecule has 1 heterocycles. The maximum Gasteiger partial charge on any atom is 0.313 e. The molecule has 3 N–H and O–H groups in total. The molecule has 2 aromatic rings. The zero-order valence-electron chi connectivity index (χ0n) is 14.3. The van der Waals surface area contributed by atoms with Crippen molar-refractivity contribution >= 4 is 28.6 Å². The van der Waals surface area contributed by atoms with Crippen molar-refractivity contribution in [3.8, 4) is 0 Å². The van der Waals surface area contributed by atoms with Gasteiger partial charge in [-0.1, -0.05) is 0 Å². The molecule has 1 aliphatic carbocycles. The van der Waals surface area contributed by atoms with Crippen LogP contribution >= 0.6 is 0 Å². The topological polar surface area (TPSA) is 108 Å². The van der Waals surface area contributed by atoms with Crippen molar-refractivity contribution in [2.75, 3.05) is 32.5 Å². The van der Waals surface area contributed by atoms with Gasteiger partial charge in [0.2, 0.25) is 0 Å². The van der Waals surface area contributed by atoms with E-state index >= 15 is 0 Å². The Hall–Kier alpha value is -2.45. The quantitative estimate of drug-likeness (QED) is 0.664. The Morgan fingerprint density at radius 1 is 1.36 bits per heavy atom. The fourth-order valence-corrected chi connectivity index (χ4v) is 2.49. The van der Waals surface area contributed by atoms with Crippen LogP contribution in [0, 0.1) is 0 Å². The van der Waals surface area contributed by atoms with Crippen LogP contribution in [-0.4, -0.2) is 60.1 Å². The summed E-state index contributed by atoms with van der Waals surface area (Å²) in [6.45, 7) is 0.408. The summed E-state index contributed by atoms with van der Waals surface area (Å²) in [6, 6.07) is 5.07. The van der Waals surface area contributed by atoms with Gasteiger partial charge in [-0.15, -0.1) is 0 Å². The molecular formula is C17H22N4O4. The predicted octanol–water partition coefficient (Wildman–Crippen LogP) is 0.682. The number of nitrogens with zero attached hydrogens (tertiary/aromatic N) is 2. The molecule has 3 rings (SSSR count). The van der Waals surface area contributed by atoms with Crippen LogP contribution in [0.1, 0.15) is 24.7 Å². The highest BCUT2D eigenvalue weighted by Crippen LogP contribution is 2.40. The zero-order chi connectivity index (χ0) is 18.0. The molecule has 0 spiro atoms. The summed E-state index contributed by atoms with van der Waals surface area (Å²) in [6.07, 6.45) is 1.45. The molecule has 1 aliphatic rings. The van der Waals surface area contributed by atoms with Crippen LogP contribution in [0.4, 0.5) is 5.69 Å². The van der Waals surface area contributed by atoms with Crippen LogP contribution in [0.25, 0.3) is 11.1 Å². The minimum absolute atomic E-state index is 0.0114. The lowest BCUT2D eigenvalue weighted by Crippen LogP contribution is -2.42. The highest BCUT2D eigenvalue weighted by Gasteiger charge is 2.29. The van der Waals surface area contributed by atoms with Gasteiger partial charge < -0.3 is 25.1 Å². The van der Waals surface area contributed by atoms with Gasteiger partial charge in [0.15, 0.2) is 11.5 Å². The second-order valence-electron chi connectivity index (χ2n) is 6.59. The lowest BCUT2D eigenvalue weighted by Gasteiger charge is -2.16. The molecule has 0 aliphatic heterocycles. The van der Waals surface area contributed by atoms with Gasteiger partial charge in [0.05, 0.1) is 6.10 Å². The molecule has 134 valence electrons. The van der Waals surface area contributed by atoms with Crippen molar-refractivity contribution in [1.29, 1.82) is 0 Å². The van der Waals surface area contributed by atoms with E-state index < -0.39 is 17.9 Å². The minimum atomic E-state index is -0.795. The van der Waals surface area contributed by atoms with Crippen molar-refractivity contribution in [2.45, 2.75) is 24.9 Å². The smallest absolute Gasteiger partial charge is 0.313 e. The second kappa shape index (κ2) is 7.20. The van der Waals surface area contributed by atoms with Crippen molar-refractivity contribution < 1.29 is 19.1 Å². The predicted molar refractivity (Wildman–Crippen MR) is 92.2 cm³/mol. The molecule has 1 aromatic heterocycles. The Bertz CT molecular complexity index is 782. The summed E-state index contributed by atoms with van der Waals surface area (Å²) in [4.78, 5) is 30.0. The van der Waals surface area contributed by atoms with E-state index in [0.717, 1.165) is 18.7 Å². The standard InChI is InChI=1S/C17H22N4O4/c1-21(2)9-12(22)8-18-15(23)16(24)19-11-5-6-14-13(7-11)20-17(25-14)10-3-4-10/h5-7,10,12,22H,3-4,8-9H2,1-2H3,(H,18,23)(H,19,24). The Morgan fingerprint density at radius 3 is 2.80 bits per heavy atom. The Balaban J connectivity index is 1.56. The molecule has 2 amide bonds. The lowest BCUT2D eigenvalue weighted by atomic mass is 10.3. The van der Waals surface area contributed by atoms with E-state index in [1.807, 2.05) is 14.1 Å². The van der Waals surface area contributed by atoms with E-state index in [9.17, 15) is 14.7 Å². The summed E-state index contributed by atoms with van der Waals surface area (Å²) in [5.74, 6) is -0.449. The van der Waals surface area contributed by atoms with E-state index in [0.29, 0.717) is 29.2 Å². The molecule has 1 atom stereocenters. The third-order valence-electron chi connectivity index (χ3n) is 3.87. The van der Waals surface area contributed by atoms with Crippen LogP contribution in [0.2, 0.25) is 0 Å². The summed E-state index contributed by atoms with van der Waals surface area (Å²) >= 11 is 0. The minimum Gasteiger partial charge on any atom is -0.440 e. The Morgan fingerprint density at radius 2 is 2.12 bits per heavy atom. The fraction of sp³-hybridized carbons (Fsp3) is 0.471. The summed E-state index contributed by atoms with van der Waals surface area (Å²) < 4.78 is 5.66. The molecule has 0 saturated heterocycles. The molecule has 0 bridgehead atoms. The number of aliphatic hydroxyl groups excluding tert-OH is 1. The second-order valence-corrected chi connectivity index (χ2v) is 6.59. The first kappa shape index (κ1) is 17.4. The number of likely N-dealkylation sites (N-methyl/N-ethyl adjacent to an activating group) is 1. The van der Waals surface area contributed by atoms with Gasteiger partial charge in [-0.3, -0.25) is 9.59 Å². The number of hydrogen-bond acceptors (Lipinski definition) is 6. The summed E-state index contributed by atoms with van der Waals surface area (Å²) in [5.41, 5.74) is 1.79. The van der Waals surface area contributed by atoms with Crippen molar-refractivity contribution in [2.24, 2.45) is 0 Å². The van der Waals surface area contributed by atoms with Crippen LogP contribution < -0.4 is 10.6 Å². The van der Waals surface area contributed by atoms with Gasteiger partial charge >= 0.3 is 11.8 Å². The van der Waals surface area contributed by atoms with Crippen molar-refractivity contribution in [3.05, 3.63) is 24.1 Å². The SMILES string of the molecule is CN(C)CC(O)CNC(=O)C(=O)Nc1ccc2oc(C3CC3)nc2c1. The van der Waals surface area contributed by atoms with Crippen LogP contribution in [0.3, 0.4) is 0 Å². The number of rotatable bonds is 6. The summed E-state index contributed by atoms with van der Waals surface area (Å²) in [7, 11) is 3.62. The van der Waals surface area contributed by atoms with E-state index in [4.69, 9.17) is 4.42 Å². The molecule has 1 fully saturated rings. The molecule has 8 nitrogen and oxygen atoms in total. The first-order valence-electron chi connectivity index (χ1n) is 8.25. The van der Waals surface area contributed by atoms with Crippen molar-refractivity contribution in [3.63, 3.8) is 0 Å². The molecular weight excluding hydrogens is 324 g/mol. The number of fused-ring (bicyclic) bond motifs is 1. The number of oxazole rings is 1. The van der Waals surface area contributed by atoms with Crippen LogP contribution in [0.15, 0.2) is 22.6 Å². The molecule has 1 unspecified atom stereocenters. The number of amides is 2. The molecule has 1 aromatic carbocycles. The molecule has 25 heavy (non-hydrogen) atoms. The van der Waals surface area contributed by atoms with Gasteiger partial charge in [-0.25, -0.2) is 4.98 Å². The number of carbonyl (C=O) groups excluding carboxylic acids is 2. The lowest BCUT2D eigenvalue weighted by molar-refractivity contribution is -0.136. The largest absolute Gasteiger partial charge is 0.440 e. The molecule has 1 saturated carbocycles. The number of nitrogens with one attached hydrogen (secondary N) is 2. The number of anilines is 1. The number of hydrogen-bond donors (Lipinski definition) is 3. The first-order valence-corrected chi connectivity index (χ1v) is 8.25. The Labute approximate surface area is 145 Å². The van der Waals surface area contributed by atoms with Gasteiger partial charge in [0, 0.05) is 24.7 Å². The number of aromatic nitrogens is 1. The number of aliphatic hydroxyl groups is 1. The van der Waals surface area contributed by atoms with Gasteiger partial charge in [-0.2, -0.15) is 0 Å². The van der Waals surface area contributed by atoms with Gasteiger partial charge in [-0.05, 0) is 45.1 Å². The molecule has 8 heteroatoms. The first-order chi connectivity index (χ1) is 11.9. The number of benzene rings is 1. The average Bonchev–Trinajstić information content (AvgIpc) is 3.31. The summed E-state index contributed by atoms with van der Waals surface area (Å²) in [5, 5.41) is 14.6. The van der Waals surface area contributed by atoms with Crippen LogP contribution in [0.5, 0.6) is 0 Å². The average molecular weight is 346 g/mol. The van der Waals surface area contributed by atoms with E-state index in [1.54, 1.807) is 23.1 Å². The fourth-order valence-electron chi connectivity index (χ4n) is 2.49. The van der Waals surface area contributed by atoms with Crippen molar-refractivity contribution in [1.82, 2.24) is 15.2 Å². The third kappa shape index (κ3) is 4.55. The number of carbonyl (C=O) groups is 2. The normalized spacial score (nSPS) is 15.4. The van der Waals surface area contributed by atoms with Crippen LogP contribution in [-0.2, 0) is 9.59 Å². The maximum atomic E-state index is 11.9. The van der Waals surface area contributed by atoms with Gasteiger partial charge in [0.1, 0.15) is 5.52 Å². The monoisotopic (exact) mass is 346 g/mol. The van der Waals surface area contributed by atoms with E-state index in [1.165, 1.54) is 0 Å². The highest BCUT2D eigenvalue weighted by atomic mass is 16.3. The molecule has 0 radical (unpaired) electrons. The maximum absolute atomic E-state index is 11.9. The third-order valence-corrected chi connectivity index (χ3v) is 3.87. The van der Waals surface area contributed by atoms with E-state index in [2.05, 4.69) is 15.6 Å². The zero-order valence-corrected chi connectivity index (χ0v) is 14.3. The van der Waals surface area contributed by atoms with Gasteiger partial charge in [0.25, 0.3) is 0 Å². The Kier molecular flexibility index (Phi) is 5.00. The highest BCUT2D eigenvalue weighted by molar-refractivity contribution is 6.39. The van der Waals surface area contributed by atoms with E-state index in [-0.39, 0.29) is 6.54 Å².